The summed E-state index contributed by atoms with van der Waals surface area (Å²) < 4.78 is 5.90. The molecule has 0 spiro atoms. The minimum absolute atomic E-state index is 0.0548. The third-order valence-electron chi connectivity index (χ3n) is 3.99. The van der Waals surface area contributed by atoms with E-state index in [0.717, 1.165) is 0 Å². The molecule has 0 aromatic carbocycles. The smallest absolute Gasteiger partial charge is 0.236 e. The minimum Gasteiger partial charge on any atom is -0.380 e. The normalized spacial score (nSPS) is 12.6. The number of amides is 2. The SMILES string of the molecule is CC(C)CC(=O)N(N)CC(C)(C)COCC(C)(C)CN(N)C(=O)CC(C)C. The Morgan fingerprint density at radius 2 is 1.07 bits per heavy atom. The first kappa shape index (κ1) is 25.8. The van der Waals surface area contributed by atoms with Crippen LogP contribution in [0.25, 0.3) is 0 Å². The average Bonchev–Trinajstić information content (AvgIpc) is 2.43. The van der Waals surface area contributed by atoms with Crippen LogP contribution in [0, 0.1) is 22.7 Å². The molecule has 0 bridgehead atoms. The molecule has 27 heavy (non-hydrogen) atoms. The topological polar surface area (TPSA) is 102 Å². The zero-order chi connectivity index (χ0) is 21.4. The van der Waals surface area contributed by atoms with E-state index < -0.39 is 0 Å². The van der Waals surface area contributed by atoms with Crippen LogP contribution >= 0.6 is 0 Å². The number of carbonyl (C=O) groups excluding carboxylic acids is 2. The van der Waals surface area contributed by atoms with Crippen molar-refractivity contribution in [3.8, 4) is 0 Å². The van der Waals surface area contributed by atoms with Crippen LogP contribution in [-0.4, -0.2) is 48.1 Å². The zero-order valence-corrected chi connectivity index (χ0v) is 18.7. The second kappa shape index (κ2) is 11.0. The maximum atomic E-state index is 12.0. The van der Waals surface area contributed by atoms with Gasteiger partial charge in [0.1, 0.15) is 0 Å². The molecule has 7 nitrogen and oxygen atoms in total. The quantitative estimate of drug-likeness (QED) is 0.305. The van der Waals surface area contributed by atoms with Crippen LogP contribution in [0.3, 0.4) is 0 Å². The van der Waals surface area contributed by atoms with Crippen molar-refractivity contribution >= 4 is 11.8 Å². The number of ether oxygens (including phenoxy) is 1. The van der Waals surface area contributed by atoms with Crippen LogP contribution in [0.1, 0.15) is 68.2 Å². The van der Waals surface area contributed by atoms with Crippen molar-refractivity contribution in [1.29, 1.82) is 0 Å². The highest BCUT2D eigenvalue weighted by molar-refractivity contribution is 5.76. The predicted molar refractivity (Wildman–Crippen MR) is 109 cm³/mol. The number of hydrogen-bond acceptors (Lipinski definition) is 5. The van der Waals surface area contributed by atoms with Crippen LogP contribution in [0.5, 0.6) is 0 Å². The standard InChI is InChI=1S/C20H42N4O3/c1-15(2)9-17(25)23(21)11-19(5,6)13-27-14-20(7,8)12-24(22)18(26)10-16(3)4/h15-16H,9-14,21-22H2,1-8H3. The van der Waals surface area contributed by atoms with Crippen LogP contribution in [0.15, 0.2) is 0 Å². The molecule has 0 rings (SSSR count). The van der Waals surface area contributed by atoms with Gasteiger partial charge in [-0.15, -0.1) is 0 Å². The maximum Gasteiger partial charge on any atom is 0.236 e. The van der Waals surface area contributed by atoms with Crippen LogP contribution in [0.4, 0.5) is 0 Å². The summed E-state index contributed by atoms with van der Waals surface area (Å²) in [6.45, 7) is 17.8. The van der Waals surface area contributed by atoms with Crippen LogP contribution < -0.4 is 11.7 Å². The van der Waals surface area contributed by atoms with Gasteiger partial charge in [-0.1, -0.05) is 55.4 Å². The number of hydrazine groups is 2. The second-order valence-corrected chi connectivity index (χ2v) is 10.1. The molecule has 0 fully saturated rings. The fraction of sp³-hybridized carbons (Fsp3) is 0.900. The Morgan fingerprint density at radius 3 is 1.33 bits per heavy atom. The molecular weight excluding hydrogens is 344 g/mol. The lowest BCUT2D eigenvalue weighted by atomic mass is 9.92. The first-order valence-corrected chi connectivity index (χ1v) is 9.83. The van der Waals surface area contributed by atoms with E-state index in [-0.39, 0.29) is 34.5 Å². The van der Waals surface area contributed by atoms with Gasteiger partial charge in [0.05, 0.1) is 13.2 Å². The van der Waals surface area contributed by atoms with Gasteiger partial charge < -0.3 is 4.74 Å². The molecule has 0 heterocycles. The first-order valence-electron chi connectivity index (χ1n) is 9.83. The summed E-state index contributed by atoms with van der Waals surface area (Å²) in [5.74, 6) is 12.3. The molecule has 0 aliphatic heterocycles. The fourth-order valence-corrected chi connectivity index (χ4v) is 2.73. The molecule has 0 atom stereocenters. The summed E-state index contributed by atoms with van der Waals surface area (Å²) in [5, 5.41) is 2.58. The minimum atomic E-state index is -0.271. The summed E-state index contributed by atoms with van der Waals surface area (Å²) in [6, 6.07) is 0. The van der Waals surface area contributed by atoms with E-state index in [4.69, 9.17) is 16.4 Å². The highest BCUT2D eigenvalue weighted by atomic mass is 16.5. The maximum absolute atomic E-state index is 12.0. The van der Waals surface area contributed by atoms with Crippen molar-refractivity contribution in [1.82, 2.24) is 10.0 Å². The zero-order valence-electron chi connectivity index (χ0n) is 18.7. The average molecular weight is 387 g/mol. The molecule has 0 saturated carbocycles. The van der Waals surface area contributed by atoms with Crippen molar-refractivity contribution in [2.24, 2.45) is 34.4 Å². The van der Waals surface area contributed by atoms with Gasteiger partial charge >= 0.3 is 0 Å². The molecule has 0 aromatic heterocycles. The Hall–Kier alpha value is -1.18. The third kappa shape index (κ3) is 12.0. The lowest BCUT2D eigenvalue weighted by Gasteiger charge is -2.33. The van der Waals surface area contributed by atoms with E-state index in [9.17, 15) is 9.59 Å². The fourth-order valence-electron chi connectivity index (χ4n) is 2.73. The van der Waals surface area contributed by atoms with E-state index in [0.29, 0.717) is 39.1 Å². The van der Waals surface area contributed by atoms with E-state index in [1.54, 1.807) is 0 Å². The van der Waals surface area contributed by atoms with E-state index in [2.05, 4.69) is 0 Å². The number of nitrogens with zero attached hydrogens (tertiary/aromatic N) is 2. The number of rotatable bonds is 12. The lowest BCUT2D eigenvalue weighted by molar-refractivity contribution is -0.134. The number of carbonyl (C=O) groups is 2. The van der Waals surface area contributed by atoms with Crippen molar-refractivity contribution in [3.05, 3.63) is 0 Å². The molecule has 0 aromatic rings. The van der Waals surface area contributed by atoms with Gasteiger partial charge in [0.25, 0.3) is 0 Å². The molecular formula is C20H42N4O3. The summed E-state index contributed by atoms with van der Waals surface area (Å²) in [5.41, 5.74) is -0.541. The highest BCUT2D eigenvalue weighted by Gasteiger charge is 2.27. The van der Waals surface area contributed by atoms with Gasteiger partial charge in [0.15, 0.2) is 0 Å². The molecule has 0 aliphatic rings. The molecule has 0 aliphatic carbocycles. The summed E-state index contributed by atoms with van der Waals surface area (Å²) in [7, 11) is 0. The molecule has 0 unspecified atom stereocenters. The van der Waals surface area contributed by atoms with Gasteiger partial charge in [-0.25, -0.2) is 11.7 Å². The third-order valence-corrected chi connectivity index (χ3v) is 3.99. The second-order valence-electron chi connectivity index (χ2n) is 10.1. The summed E-state index contributed by atoms with van der Waals surface area (Å²) in [4.78, 5) is 24.1. The van der Waals surface area contributed by atoms with Gasteiger partial charge in [-0.3, -0.25) is 19.6 Å². The number of hydrogen-bond donors (Lipinski definition) is 2. The predicted octanol–water partition coefficient (Wildman–Crippen LogP) is 2.55. The van der Waals surface area contributed by atoms with Crippen molar-refractivity contribution in [2.45, 2.75) is 68.2 Å². The van der Waals surface area contributed by atoms with Crippen molar-refractivity contribution < 1.29 is 14.3 Å². The van der Waals surface area contributed by atoms with E-state index >= 15 is 0 Å². The Morgan fingerprint density at radius 1 is 0.778 bits per heavy atom. The Balaban J connectivity index is 4.44. The Labute approximate surface area is 165 Å². The molecule has 160 valence electrons. The van der Waals surface area contributed by atoms with E-state index in [1.807, 2.05) is 55.4 Å². The monoisotopic (exact) mass is 386 g/mol. The molecule has 4 N–H and O–H groups in total. The van der Waals surface area contributed by atoms with Crippen LogP contribution in [0.2, 0.25) is 0 Å². The highest BCUT2D eigenvalue weighted by Crippen LogP contribution is 2.22. The first-order chi connectivity index (χ1) is 12.1. The van der Waals surface area contributed by atoms with Gasteiger partial charge in [-0.05, 0) is 11.8 Å². The molecule has 0 saturated heterocycles. The van der Waals surface area contributed by atoms with Crippen molar-refractivity contribution in [3.63, 3.8) is 0 Å². The summed E-state index contributed by atoms with van der Waals surface area (Å²) >= 11 is 0. The lowest BCUT2D eigenvalue weighted by Crippen LogP contribution is -2.47. The van der Waals surface area contributed by atoms with Gasteiger partial charge in [-0.2, -0.15) is 0 Å². The van der Waals surface area contributed by atoms with Gasteiger partial charge in [0.2, 0.25) is 11.8 Å². The van der Waals surface area contributed by atoms with Crippen LogP contribution in [-0.2, 0) is 14.3 Å². The number of nitrogens with two attached hydrogens (primary N) is 2. The molecule has 2 amide bonds. The molecule has 7 heteroatoms. The largest absolute Gasteiger partial charge is 0.380 e. The Kier molecular flexibility index (Phi) is 10.5. The molecule has 0 radical (unpaired) electrons. The summed E-state index contributed by atoms with van der Waals surface area (Å²) in [6.07, 6.45) is 0.883. The van der Waals surface area contributed by atoms with Gasteiger partial charge in [0, 0.05) is 36.8 Å². The van der Waals surface area contributed by atoms with E-state index in [1.165, 1.54) is 10.0 Å². The van der Waals surface area contributed by atoms with Crippen molar-refractivity contribution in [2.75, 3.05) is 26.3 Å². The Bertz CT molecular complexity index is 434.